The molecule has 0 amide bonds. The van der Waals surface area contributed by atoms with Crippen molar-refractivity contribution in [3.8, 4) is 11.5 Å². The number of hydrogen-bond acceptors (Lipinski definition) is 6. The fraction of sp³-hybridized carbons (Fsp3) is 0.263. The van der Waals surface area contributed by atoms with Crippen LogP contribution >= 0.6 is 0 Å². The van der Waals surface area contributed by atoms with Crippen molar-refractivity contribution in [2.24, 2.45) is 5.16 Å². The van der Waals surface area contributed by atoms with E-state index in [0.717, 1.165) is 11.1 Å². The highest BCUT2D eigenvalue weighted by atomic mass is 16.6. The second-order valence-electron chi connectivity index (χ2n) is 5.26. The lowest BCUT2D eigenvalue weighted by atomic mass is 10.1. The van der Waals surface area contributed by atoms with E-state index >= 15 is 0 Å². The number of phenolic OH excluding ortho intramolecular Hbond substituents is 1. The highest BCUT2D eigenvalue weighted by Crippen LogP contribution is 2.26. The van der Waals surface area contributed by atoms with Gasteiger partial charge in [0.15, 0.2) is 11.5 Å². The van der Waals surface area contributed by atoms with E-state index < -0.39 is 0 Å². The maximum absolute atomic E-state index is 11.7. The molecule has 0 spiro atoms. The monoisotopic (exact) mass is 343 g/mol. The van der Waals surface area contributed by atoms with Gasteiger partial charge >= 0.3 is 5.97 Å². The Bertz CT molecular complexity index is 770. The second-order valence-corrected chi connectivity index (χ2v) is 5.26. The van der Waals surface area contributed by atoms with E-state index in [9.17, 15) is 9.90 Å². The van der Waals surface area contributed by atoms with Crippen LogP contribution in [0, 0.1) is 0 Å². The van der Waals surface area contributed by atoms with E-state index in [2.05, 4.69) is 5.16 Å². The highest BCUT2D eigenvalue weighted by Gasteiger charge is 2.08. The molecule has 6 heteroatoms. The van der Waals surface area contributed by atoms with Crippen molar-refractivity contribution < 1.29 is 24.2 Å². The third-order valence-corrected chi connectivity index (χ3v) is 3.47. The van der Waals surface area contributed by atoms with E-state index in [-0.39, 0.29) is 18.3 Å². The Labute approximate surface area is 146 Å². The first-order chi connectivity index (χ1) is 12.0. The predicted molar refractivity (Wildman–Crippen MR) is 94.1 cm³/mol. The normalized spacial score (nSPS) is 11.1. The van der Waals surface area contributed by atoms with E-state index in [4.69, 9.17) is 14.3 Å². The molecule has 0 radical (unpaired) electrons. The molecule has 0 fully saturated rings. The van der Waals surface area contributed by atoms with Crippen LogP contribution in [0.5, 0.6) is 11.5 Å². The minimum atomic E-state index is -0.363. The molecule has 2 rings (SSSR count). The number of esters is 1. The minimum absolute atomic E-state index is 0.0386. The number of carbonyl (C=O) groups is 1. The molecule has 2 aromatic carbocycles. The summed E-state index contributed by atoms with van der Waals surface area (Å²) in [7, 11) is 1.49. The molecular formula is C19H21NO5. The number of benzene rings is 2. The molecule has 0 bridgehead atoms. The van der Waals surface area contributed by atoms with E-state index in [1.165, 1.54) is 7.11 Å². The smallest absolute Gasteiger partial charge is 0.338 e. The van der Waals surface area contributed by atoms with Gasteiger partial charge in [-0.1, -0.05) is 17.3 Å². The molecule has 0 aliphatic rings. The van der Waals surface area contributed by atoms with Gasteiger partial charge in [0.1, 0.15) is 6.61 Å². The van der Waals surface area contributed by atoms with Crippen LogP contribution in [0.4, 0.5) is 0 Å². The summed E-state index contributed by atoms with van der Waals surface area (Å²) in [6, 6.07) is 12.0. The van der Waals surface area contributed by atoms with Crippen LogP contribution in [0.3, 0.4) is 0 Å². The Kier molecular flexibility index (Phi) is 6.39. The summed E-state index contributed by atoms with van der Waals surface area (Å²) >= 11 is 0. The van der Waals surface area contributed by atoms with Gasteiger partial charge in [-0.2, -0.15) is 0 Å². The fourth-order valence-electron chi connectivity index (χ4n) is 2.17. The Morgan fingerprint density at radius 2 is 1.96 bits per heavy atom. The fourth-order valence-corrected chi connectivity index (χ4v) is 2.17. The zero-order chi connectivity index (χ0) is 18.2. The number of carbonyl (C=O) groups excluding carboxylic acids is 1. The zero-order valence-corrected chi connectivity index (χ0v) is 14.5. The molecule has 0 saturated heterocycles. The van der Waals surface area contributed by atoms with Gasteiger partial charge in [-0.05, 0) is 49.7 Å². The van der Waals surface area contributed by atoms with Crippen LogP contribution in [-0.4, -0.2) is 30.5 Å². The van der Waals surface area contributed by atoms with Gasteiger partial charge < -0.3 is 19.4 Å². The van der Waals surface area contributed by atoms with Crippen molar-refractivity contribution in [3.63, 3.8) is 0 Å². The number of ether oxygens (including phenoxy) is 2. The first-order valence-corrected chi connectivity index (χ1v) is 7.85. The van der Waals surface area contributed by atoms with E-state index in [1.807, 2.05) is 6.07 Å². The average molecular weight is 343 g/mol. The summed E-state index contributed by atoms with van der Waals surface area (Å²) in [6.07, 6.45) is 0. The predicted octanol–water partition coefficient (Wildman–Crippen LogP) is 3.52. The number of methoxy groups -OCH3 is 1. The van der Waals surface area contributed by atoms with Gasteiger partial charge in [-0.15, -0.1) is 0 Å². The molecular weight excluding hydrogens is 322 g/mol. The molecule has 6 nitrogen and oxygen atoms in total. The molecule has 0 aliphatic carbocycles. The molecule has 25 heavy (non-hydrogen) atoms. The zero-order valence-electron chi connectivity index (χ0n) is 14.5. The number of hydrogen-bond donors (Lipinski definition) is 1. The van der Waals surface area contributed by atoms with Crippen LogP contribution < -0.4 is 4.74 Å². The van der Waals surface area contributed by atoms with Crippen molar-refractivity contribution in [2.75, 3.05) is 13.7 Å². The Morgan fingerprint density at radius 1 is 1.16 bits per heavy atom. The van der Waals surface area contributed by atoms with Crippen molar-refractivity contribution in [1.29, 1.82) is 0 Å². The summed E-state index contributed by atoms with van der Waals surface area (Å²) in [4.78, 5) is 17.1. The van der Waals surface area contributed by atoms with Crippen LogP contribution in [0.25, 0.3) is 0 Å². The quantitative estimate of drug-likeness (QED) is 0.473. The maximum atomic E-state index is 11.7. The summed E-state index contributed by atoms with van der Waals surface area (Å²) in [6.45, 7) is 4.08. The number of phenols is 1. The summed E-state index contributed by atoms with van der Waals surface area (Å²) in [5.41, 5.74) is 2.61. The van der Waals surface area contributed by atoms with Crippen molar-refractivity contribution in [1.82, 2.24) is 0 Å². The Hall–Kier alpha value is -3.02. The summed E-state index contributed by atoms with van der Waals surface area (Å²) in [5.74, 6) is 0.0719. The van der Waals surface area contributed by atoms with Crippen molar-refractivity contribution in [2.45, 2.75) is 20.5 Å². The Balaban J connectivity index is 2.01. The van der Waals surface area contributed by atoms with Crippen LogP contribution in [0.1, 0.15) is 35.3 Å². The number of nitrogens with zero attached hydrogens (tertiary/aromatic N) is 1. The molecule has 0 atom stereocenters. The summed E-state index contributed by atoms with van der Waals surface area (Å²) in [5, 5.41) is 13.9. The topological polar surface area (TPSA) is 77.4 Å². The molecule has 0 aromatic heterocycles. The van der Waals surface area contributed by atoms with Gasteiger partial charge in [-0.25, -0.2) is 4.79 Å². The van der Waals surface area contributed by atoms with Crippen LogP contribution in [-0.2, 0) is 16.2 Å². The minimum Gasteiger partial charge on any atom is -0.504 e. The molecule has 132 valence electrons. The van der Waals surface area contributed by atoms with Gasteiger partial charge in [-0.3, -0.25) is 0 Å². The molecule has 1 N–H and O–H groups in total. The molecule has 0 heterocycles. The van der Waals surface area contributed by atoms with Crippen LogP contribution in [0.15, 0.2) is 47.6 Å². The largest absolute Gasteiger partial charge is 0.504 e. The standard InChI is InChI=1S/C19H21NO5/c1-4-24-19(22)16-7-5-6-14(10-16)12-25-20-13(2)15-8-9-18(23-3)17(21)11-15/h5-11,21H,4,12H2,1-3H3/b20-13+. The van der Waals surface area contributed by atoms with Crippen molar-refractivity contribution >= 4 is 11.7 Å². The van der Waals surface area contributed by atoms with Gasteiger partial charge in [0.25, 0.3) is 0 Å². The van der Waals surface area contributed by atoms with Crippen LogP contribution in [0.2, 0.25) is 0 Å². The van der Waals surface area contributed by atoms with Gasteiger partial charge in [0.2, 0.25) is 0 Å². The lowest BCUT2D eigenvalue weighted by molar-refractivity contribution is 0.0526. The summed E-state index contributed by atoms with van der Waals surface area (Å²) < 4.78 is 9.98. The third kappa shape index (κ3) is 4.97. The molecule has 0 aliphatic heterocycles. The second kappa shape index (κ2) is 8.73. The number of rotatable bonds is 7. The number of aromatic hydroxyl groups is 1. The van der Waals surface area contributed by atoms with Gasteiger partial charge in [0, 0.05) is 5.56 Å². The lowest BCUT2D eigenvalue weighted by Gasteiger charge is -2.07. The van der Waals surface area contributed by atoms with E-state index in [1.54, 1.807) is 50.2 Å². The molecule has 2 aromatic rings. The molecule has 0 unspecified atom stereocenters. The van der Waals surface area contributed by atoms with E-state index in [0.29, 0.717) is 23.6 Å². The van der Waals surface area contributed by atoms with Gasteiger partial charge in [0.05, 0.1) is 25.0 Å². The SMILES string of the molecule is CCOC(=O)c1cccc(CO/N=C(\C)c2ccc(OC)c(O)c2)c1. The maximum Gasteiger partial charge on any atom is 0.338 e. The van der Waals surface area contributed by atoms with Crippen molar-refractivity contribution in [3.05, 3.63) is 59.2 Å². The molecule has 0 saturated carbocycles. The third-order valence-electron chi connectivity index (χ3n) is 3.47. The lowest BCUT2D eigenvalue weighted by Crippen LogP contribution is -2.05. The highest BCUT2D eigenvalue weighted by molar-refractivity contribution is 5.98. The average Bonchev–Trinajstić information content (AvgIpc) is 2.62. The Morgan fingerprint density at radius 3 is 2.64 bits per heavy atom. The first kappa shape index (κ1) is 18.3. The number of oxime groups is 1. The first-order valence-electron chi connectivity index (χ1n) is 7.85.